The average Bonchev–Trinajstić information content (AvgIpc) is 3.10. The first-order valence-corrected chi connectivity index (χ1v) is 7.28. The Hall–Kier alpha value is -1.36. The van der Waals surface area contributed by atoms with Crippen LogP contribution in [0.1, 0.15) is 43.4 Å². The number of carbonyl (C=O) groups is 1. The number of amides is 1. The molecule has 2 heterocycles. The van der Waals surface area contributed by atoms with Crippen molar-refractivity contribution in [3.8, 4) is 0 Å². The lowest BCUT2D eigenvalue weighted by Crippen LogP contribution is -2.37. The summed E-state index contributed by atoms with van der Waals surface area (Å²) in [5.41, 5.74) is 8.05. The molecule has 5 nitrogen and oxygen atoms in total. The van der Waals surface area contributed by atoms with E-state index in [0.717, 1.165) is 17.7 Å². The van der Waals surface area contributed by atoms with Gasteiger partial charge in [0.25, 0.3) is 0 Å². The van der Waals surface area contributed by atoms with Crippen LogP contribution in [-0.4, -0.2) is 27.5 Å². The second kappa shape index (κ2) is 5.33. The first kappa shape index (κ1) is 12.7. The van der Waals surface area contributed by atoms with Crippen LogP contribution in [-0.2, 0) is 17.9 Å². The number of carbonyl (C=O) groups excluding carboxylic acids is 1. The first-order valence-electron chi connectivity index (χ1n) is 7.28. The van der Waals surface area contributed by atoms with Crippen LogP contribution in [0.5, 0.6) is 0 Å². The van der Waals surface area contributed by atoms with E-state index in [1.165, 1.54) is 25.7 Å². The zero-order valence-electron chi connectivity index (χ0n) is 11.3. The van der Waals surface area contributed by atoms with E-state index in [-0.39, 0.29) is 11.8 Å². The SMILES string of the molecule is NCC(CC1CCCC1)C(=O)N1Cc2cn[nH]c2C1. The highest BCUT2D eigenvalue weighted by Gasteiger charge is 2.31. The summed E-state index contributed by atoms with van der Waals surface area (Å²) in [6.45, 7) is 1.82. The zero-order valence-corrected chi connectivity index (χ0v) is 11.3. The molecule has 3 rings (SSSR count). The van der Waals surface area contributed by atoms with Gasteiger partial charge in [0.15, 0.2) is 0 Å². The number of rotatable bonds is 4. The zero-order chi connectivity index (χ0) is 13.2. The number of aromatic nitrogens is 2. The lowest BCUT2D eigenvalue weighted by molar-refractivity contribution is -0.136. The van der Waals surface area contributed by atoms with Gasteiger partial charge in [-0.2, -0.15) is 5.10 Å². The Labute approximate surface area is 113 Å². The van der Waals surface area contributed by atoms with Gasteiger partial charge in [0.2, 0.25) is 5.91 Å². The molecule has 1 fully saturated rings. The van der Waals surface area contributed by atoms with E-state index in [1.807, 2.05) is 11.1 Å². The fourth-order valence-electron chi connectivity index (χ4n) is 3.42. The van der Waals surface area contributed by atoms with Gasteiger partial charge in [-0.1, -0.05) is 25.7 Å². The molecule has 19 heavy (non-hydrogen) atoms. The fraction of sp³-hybridized carbons (Fsp3) is 0.714. The van der Waals surface area contributed by atoms with E-state index in [4.69, 9.17) is 5.73 Å². The van der Waals surface area contributed by atoms with Crippen molar-refractivity contribution in [2.75, 3.05) is 6.54 Å². The number of nitrogens with one attached hydrogen (secondary N) is 1. The van der Waals surface area contributed by atoms with Crippen LogP contribution < -0.4 is 5.73 Å². The van der Waals surface area contributed by atoms with Crippen LogP contribution >= 0.6 is 0 Å². The molecule has 5 heteroatoms. The van der Waals surface area contributed by atoms with Crippen LogP contribution in [0.3, 0.4) is 0 Å². The Kier molecular flexibility index (Phi) is 3.55. The van der Waals surface area contributed by atoms with Crippen molar-refractivity contribution in [3.05, 3.63) is 17.5 Å². The molecule has 0 bridgehead atoms. The summed E-state index contributed by atoms with van der Waals surface area (Å²) in [6, 6.07) is 0. The third-order valence-corrected chi connectivity index (χ3v) is 4.56. The van der Waals surface area contributed by atoms with Crippen molar-refractivity contribution >= 4 is 5.91 Å². The van der Waals surface area contributed by atoms with Crippen molar-refractivity contribution in [3.63, 3.8) is 0 Å². The molecule has 1 unspecified atom stereocenters. The van der Waals surface area contributed by atoms with Crippen molar-refractivity contribution in [2.45, 2.75) is 45.2 Å². The Balaban J connectivity index is 1.60. The third-order valence-electron chi connectivity index (χ3n) is 4.56. The molecule has 1 aromatic heterocycles. The molecule has 0 saturated heterocycles. The molecule has 1 atom stereocenters. The summed E-state index contributed by atoms with van der Waals surface area (Å²) >= 11 is 0. The third kappa shape index (κ3) is 2.52. The van der Waals surface area contributed by atoms with E-state index >= 15 is 0 Å². The number of nitrogens with zero attached hydrogens (tertiary/aromatic N) is 2. The maximum absolute atomic E-state index is 12.5. The van der Waals surface area contributed by atoms with E-state index in [1.54, 1.807) is 0 Å². The van der Waals surface area contributed by atoms with E-state index in [9.17, 15) is 4.79 Å². The smallest absolute Gasteiger partial charge is 0.227 e. The molecule has 104 valence electrons. The Bertz CT molecular complexity index is 430. The molecule has 1 aliphatic carbocycles. The summed E-state index contributed by atoms with van der Waals surface area (Å²) in [7, 11) is 0. The van der Waals surface area contributed by atoms with Crippen LogP contribution in [0.4, 0.5) is 0 Å². The molecule has 2 aliphatic rings. The van der Waals surface area contributed by atoms with Gasteiger partial charge in [0.05, 0.1) is 24.4 Å². The quantitative estimate of drug-likeness (QED) is 0.861. The summed E-state index contributed by atoms with van der Waals surface area (Å²) in [4.78, 5) is 14.5. The monoisotopic (exact) mass is 262 g/mol. The van der Waals surface area contributed by atoms with Crippen LogP contribution in [0.15, 0.2) is 6.20 Å². The number of H-pyrrole nitrogens is 1. The number of aromatic amines is 1. The lowest BCUT2D eigenvalue weighted by Gasteiger charge is -2.24. The second-order valence-electron chi connectivity index (χ2n) is 5.89. The van der Waals surface area contributed by atoms with Crippen molar-refractivity contribution in [2.24, 2.45) is 17.6 Å². The Morgan fingerprint density at radius 2 is 2.26 bits per heavy atom. The standard InChI is InChI=1S/C14H22N4O/c15-6-11(5-10-3-1-2-4-10)14(19)18-8-12-7-16-17-13(12)9-18/h7,10-11H,1-6,8-9,15H2,(H,16,17). The number of hydrogen-bond donors (Lipinski definition) is 2. The van der Waals surface area contributed by atoms with Crippen LogP contribution in [0, 0.1) is 11.8 Å². The molecule has 1 saturated carbocycles. The second-order valence-corrected chi connectivity index (χ2v) is 5.89. The molecule has 3 N–H and O–H groups in total. The lowest BCUT2D eigenvalue weighted by atomic mass is 9.92. The number of nitrogens with two attached hydrogens (primary N) is 1. The molecular formula is C14H22N4O. The van der Waals surface area contributed by atoms with Crippen LogP contribution in [0.25, 0.3) is 0 Å². The van der Waals surface area contributed by atoms with E-state index in [0.29, 0.717) is 25.6 Å². The molecule has 1 aromatic rings. The van der Waals surface area contributed by atoms with Gasteiger partial charge in [-0.25, -0.2) is 0 Å². The highest BCUT2D eigenvalue weighted by molar-refractivity contribution is 5.79. The van der Waals surface area contributed by atoms with Gasteiger partial charge < -0.3 is 10.6 Å². The van der Waals surface area contributed by atoms with Crippen molar-refractivity contribution < 1.29 is 4.79 Å². The summed E-state index contributed by atoms with van der Waals surface area (Å²) in [5, 5.41) is 6.96. The maximum Gasteiger partial charge on any atom is 0.227 e. The molecule has 0 radical (unpaired) electrons. The van der Waals surface area contributed by atoms with Gasteiger partial charge in [-0.05, 0) is 12.3 Å². The average molecular weight is 262 g/mol. The van der Waals surface area contributed by atoms with Crippen LogP contribution in [0.2, 0.25) is 0 Å². The summed E-state index contributed by atoms with van der Waals surface area (Å²) in [6.07, 6.45) is 7.96. The summed E-state index contributed by atoms with van der Waals surface area (Å²) in [5.74, 6) is 0.929. The predicted octanol–water partition coefficient (Wildman–Crippen LogP) is 1.41. The fourth-order valence-corrected chi connectivity index (χ4v) is 3.42. The largest absolute Gasteiger partial charge is 0.332 e. The Morgan fingerprint density at radius 3 is 2.95 bits per heavy atom. The highest BCUT2D eigenvalue weighted by atomic mass is 16.2. The molecule has 0 aromatic carbocycles. The van der Waals surface area contributed by atoms with Gasteiger partial charge in [0.1, 0.15) is 0 Å². The first-order chi connectivity index (χ1) is 9.28. The highest BCUT2D eigenvalue weighted by Crippen LogP contribution is 2.31. The number of fused-ring (bicyclic) bond motifs is 1. The van der Waals surface area contributed by atoms with Crippen molar-refractivity contribution in [1.29, 1.82) is 0 Å². The van der Waals surface area contributed by atoms with Crippen molar-refractivity contribution in [1.82, 2.24) is 15.1 Å². The van der Waals surface area contributed by atoms with Gasteiger partial charge in [0, 0.05) is 18.7 Å². The van der Waals surface area contributed by atoms with Gasteiger partial charge in [-0.3, -0.25) is 9.89 Å². The molecular weight excluding hydrogens is 240 g/mol. The minimum absolute atomic E-state index is 0.0000605. The molecule has 1 amide bonds. The van der Waals surface area contributed by atoms with E-state index < -0.39 is 0 Å². The van der Waals surface area contributed by atoms with Gasteiger partial charge >= 0.3 is 0 Å². The molecule has 1 aliphatic heterocycles. The normalized spacial score (nSPS) is 20.8. The predicted molar refractivity (Wildman–Crippen MR) is 72.0 cm³/mol. The van der Waals surface area contributed by atoms with E-state index in [2.05, 4.69) is 10.2 Å². The minimum atomic E-state index is 0.0000605. The minimum Gasteiger partial charge on any atom is -0.332 e. The molecule has 0 spiro atoms. The topological polar surface area (TPSA) is 75.0 Å². The summed E-state index contributed by atoms with van der Waals surface area (Å²) < 4.78 is 0. The van der Waals surface area contributed by atoms with Gasteiger partial charge in [-0.15, -0.1) is 0 Å². The maximum atomic E-state index is 12.5. The number of hydrogen-bond acceptors (Lipinski definition) is 3. The Morgan fingerprint density at radius 1 is 1.47 bits per heavy atom.